The smallest absolute Gasteiger partial charge is 0.0487 e. The van der Waals surface area contributed by atoms with Gasteiger partial charge in [0.1, 0.15) is 0 Å². The van der Waals surface area contributed by atoms with Gasteiger partial charge in [-0.1, -0.05) is 25.8 Å². The zero-order valence-corrected chi connectivity index (χ0v) is 10.5. The predicted octanol–water partition coefficient (Wildman–Crippen LogP) is 4.36. The Labute approximate surface area is 95.0 Å². The van der Waals surface area contributed by atoms with E-state index < -0.39 is 0 Å². The van der Waals surface area contributed by atoms with Gasteiger partial charge in [-0.05, 0) is 47.0 Å². The average molecular weight is 256 g/mol. The van der Waals surface area contributed by atoms with Crippen molar-refractivity contribution in [3.8, 4) is 0 Å². The number of hydrogen-bond acceptors (Lipinski definition) is 1. The van der Waals surface area contributed by atoms with Gasteiger partial charge in [-0.3, -0.25) is 0 Å². The molecule has 1 N–H and O–H groups in total. The number of unbranched alkanes of at least 4 members (excludes halogenated alkanes) is 2. The van der Waals surface area contributed by atoms with E-state index in [4.69, 9.17) is 0 Å². The summed E-state index contributed by atoms with van der Waals surface area (Å²) in [5, 5.41) is 3.44. The first-order chi connectivity index (χ1) is 6.74. The molecule has 0 heterocycles. The average Bonchev–Trinajstić information content (AvgIpc) is 2.18. The SMILES string of the molecule is CCCCCNc1cc(C)ccc1Br. The van der Waals surface area contributed by atoms with Crippen LogP contribution in [-0.4, -0.2) is 6.54 Å². The third-order valence-corrected chi connectivity index (χ3v) is 2.91. The minimum atomic E-state index is 1.07. The molecule has 78 valence electrons. The van der Waals surface area contributed by atoms with Crippen molar-refractivity contribution >= 4 is 21.6 Å². The van der Waals surface area contributed by atoms with Crippen molar-refractivity contribution < 1.29 is 0 Å². The summed E-state index contributed by atoms with van der Waals surface area (Å²) in [6.45, 7) is 5.40. The topological polar surface area (TPSA) is 12.0 Å². The van der Waals surface area contributed by atoms with Crippen LogP contribution in [0.3, 0.4) is 0 Å². The quantitative estimate of drug-likeness (QED) is 0.772. The fourth-order valence-electron chi connectivity index (χ4n) is 1.37. The van der Waals surface area contributed by atoms with Crippen molar-refractivity contribution in [2.24, 2.45) is 0 Å². The maximum Gasteiger partial charge on any atom is 0.0487 e. The molecule has 0 unspecified atom stereocenters. The van der Waals surface area contributed by atoms with Crippen LogP contribution >= 0.6 is 15.9 Å². The number of aryl methyl sites for hydroxylation is 1. The van der Waals surface area contributed by atoms with Gasteiger partial charge in [0.15, 0.2) is 0 Å². The largest absolute Gasteiger partial charge is 0.384 e. The molecule has 0 aliphatic heterocycles. The summed E-state index contributed by atoms with van der Waals surface area (Å²) in [7, 11) is 0. The van der Waals surface area contributed by atoms with Gasteiger partial charge >= 0.3 is 0 Å². The van der Waals surface area contributed by atoms with Gasteiger partial charge in [-0.15, -0.1) is 0 Å². The lowest BCUT2D eigenvalue weighted by atomic mass is 10.2. The number of halogens is 1. The summed E-state index contributed by atoms with van der Waals surface area (Å²) in [6, 6.07) is 6.38. The van der Waals surface area contributed by atoms with Crippen LogP contribution in [0.1, 0.15) is 31.7 Å². The molecule has 0 saturated heterocycles. The lowest BCUT2D eigenvalue weighted by Gasteiger charge is -2.08. The number of benzene rings is 1. The molecule has 0 fully saturated rings. The van der Waals surface area contributed by atoms with Crippen molar-refractivity contribution in [3.05, 3.63) is 28.2 Å². The van der Waals surface area contributed by atoms with E-state index in [1.165, 1.54) is 30.5 Å². The van der Waals surface area contributed by atoms with Crippen molar-refractivity contribution in [1.82, 2.24) is 0 Å². The first-order valence-electron chi connectivity index (χ1n) is 5.24. The van der Waals surface area contributed by atoms with Crippen LogP contribution in [0.5, 0.6) is 0 Å². The zero-order chi connectivity index (χ0) is 10.4. The molecular weight excluding hydrogens is 238 g/mol. The summed E-state index contributed by atoms with van der Waals surface area (Å²) in [5.74, 6) is 0. The van der Waals surface area contributed by atoms with Crippen LogP contribution < -0.4 is 5.32 Å². The summed E-state index contributed by atoms with van der Waals surface area (Å²) in [4.78, 5) is 0. The Morgan fingerprint density at radius 3 is 2.79 bits per heavy atom. The minimum Gasteiger partial charge on any atom is -0.384 e. The number of hydrogen-bond donors (Lipinski definition) is 1. The van der Waals surface area contributed by atoms with Crippen LogP contribution in [0.25, 0.3) is 0 Å². The molecule has 0 amide bonds. The van der Waals surface area contributed by atoms with Crippen molar-refractivity contribution in [3.63, 3.8) is 0 Å². The maximum absolute atomic E-state index is 3.54. The summed E-state index contributed by atoms with van der Waals surface area (Å²) >= 11 is 3.54. The Bertz CT molecular complexity index is 284. The van der Waals surface area contributed by atoms with E-state index in [0.29, 0.717) is 0 Å². The molecule has 1 aromatic carbocycles. The second-order valence-corrected chi connectivity index (χ2v) is 4.47. The van der Waals surface area contributed by atoms with Gasteiger partial charge in [-0.2, -0.15) is 0 Å². The Morgan fingerprint density at radius 1 is 1.29 bits per heavy atom. The molecule has 0 aliphatic carbocycles. The fraction of sp³-hybridized carbons (Fsp3) is 0.500. The predicted molar refractivity (Wildman–Crippen MR) is 66.9 cm³/mol. The van der Waals surface area contributed by atoms with E-state index in [2.05, 4.69) is 53.3 Å². The molecule has 1 aromatic rings. The second-order valence-electron chi connectivity index (χ2n) is 3.62. The van der Waals surface area contributed by atoms with E-state index in [9.17, 15) is 0 Å². The number of rotatable bonds is 5. The Hall–Kier alpha value is -0.500. The normalized spacial score (nSPS) is 10.2. The fourth-order valence-corrected chi connectivity index (χ4v) is 1.76. The van der Waals surface area contributed by atoms with E-state index in [-0.39, 0.29) is 0 Å². The Morgan fingerprint density at radius 2 is 2.07 bits per heavy atom. The number of nitrogens with one attached hydrogen (secondary N) is 1. The van der Waals surface area contributed by atoms with E-state index >= 15 is 0 Å². The van der Waals surface area contributed by atoms with E-state index in [0.717, 1.165) is 11.0 Å². The molecule has 0 atom stereocenters. The lowest BCUT2D eigenvalue weighted by molar-refractivity contribution is 0.743. The summed E-state index contributed by atoms with van der Waals surface area (Å²) < 4.78 is 1.15. The van der Waals surface area contributed by atoms with Gasteiger partial charge in [0.2, 0.25) is 0 Å². The van der Waals surface area contributed by atoms with Crippen LogP contribution in [0.4, 0.5) is 5.69 Å². The zero-order valence-electron chi connectivity index (χ0n) is 8.94. The Balaban J connectivity index is 2.45. The molecular formula is C12H18BrN. The molecule has 0 spiro atoms. The van der Waals surface area contributed by atoms with Crippen molar-refractivity contribution in [2.45, 2.75) is 33.1 Å². The highest BCUT2D eigenvalue weighted by Crippen LogP contribution is 2.23. The van der Waals surface area contributed by atoms with Gasteiger partial charge < -0.3 is 5.32 Å². The molecule has 14 heavy (non-hydrogen) atoms. The van der Waals surface area contributed by atoms with E-state index in [1.807, 2.05) is 0 Å². The monoisotopic (exact) mass is 255 g/mol. The number of anilines is 1. The van der Waals surface area contributed by atoms with Crippen LogP contribution in [0.15, 0.2) is 22.7 Å². The van der Waals surface area contributed by atoms with Gasteiger partial charge in [0.05, 0.1) is 0 Å². The third-order valence-electron chi connectivity index (χ3n) is 2.22. The molecule has 0 bridgehead atoms. The molecule has 0 radical (unpaired) electrons. The molecule has 0 saturated carbocycles. The first kappa shape index (κ1) is 11.6. The van der Waals surface area contributed by atoms with Crippen molar-refractivity contribution in [1.29, 1.82) is 0 Å². The molecule has 1 nitrogen and oxygen atoms in total. The summed E-state index contributed by atoms with van der Waals surface area (Å²) in [5.41, 5.74) is 2.51. The second kappa shape index (κ2) is 6.07. The highest BCUT2D eigenvalue weighted by atomic mass is 79.9. The summed E-state index contributed by atoms with van der Waals surface area (Å²) in [6.07, 6.45) is 3.82. The molecule has 1 rings (SSSR count). The minimum absolute atomic E-state index is 1.07. The highest BCUT2D eigenvalue weighted by Gasteiger charge is 1.98. The maximum atomic E-state index is 3.54. The lowest BCUT2D eigenvalue weighted by Crippen LogP contribution is -2.01. The highest BCUT2D eigenvalue weighted by molar-refractivity contribution is 9.10. The van der Waals surface area contributed by atoms with Crippen molar-refractivity contribution in [2.75, 3.05) is 11.9 Å². The van der Waals surface area contributed by atoms with Gasteiger partial charge in [0.25, 0.3) is 0 Å². The molecule has 0 aliphatic rings. The van der Waals surface area contributed by atoms with Crippen LogP contribution in [0, 0.1) is 6.92 Å². The van der Waals surface area contributed by atoms with Crippen LogP contribution in [-0.2, 0) is 0 Å². The van der Waals surface area contributed by atoms with E-state index in [1.54, 1.807) is 0 Å². The van der Waals surface area contributed by atoms with Gasteiger partial charge in [-0.25, -0.2) is 0 Å². The molecule has 0 aromatic heterocycles. The first-order valence-corrected chi connectivity index (χ1v) is 6.03. The van der Waals surface area contributed by atoms with Gasteiger partial charge in [0, 0.05) is 16.7 Å². The standard InChI is InChI=1S/C12H18BrN/c1-3-4-5-8-14-12-9-10(2)6-7-11(12)13/h6-7,9,14H,3-5,8H2,1-2H3. The Kier molecular flexibility index (Phi) is 5.02. The molecule has 2 heteroatoms. The third kappa shape index (κ3) is 3.70. The van der Waals surface area contributed by atoms with Crippen LogP contribution in [0.2, 0.25) is 0 Å².